The van der Waals surface area contributed by atoms with E-state index in [1.54, 1.807) is 42.3 Å². The number of amides is 1. The SMILES string of the molecule is CN(CCC#N)c1ncc(NC(=O)c2ccccc2)cc1C(=O)O. The monoisotopic (exact) mass is 324 g/mol. The number of anilines is 2. The number of carboxylic acid groups (broad SMARTS) is 1. The van der Waals surface area contributed by atoms with Crippen molar-refractivity contribution in [3.05, 3.63) is 53.7 Å². The van der Waals surface area contributed by atoms with Crippen LogP contribution in [0.4, 0.5) is 11.5 Å². The predicted molar refractivity (Wildman–Crippen MR) is 89.1 cm³/mol. The number of pyridine rings is 1. The van der Waals surface area contributed by atoms with Gasteiger partial charge in [-0.1, -0.05) is 18.2 Å². The third kappa shape index (κ3) is 4.08. The average molecular weight is 324 g/mol. The van der Waals surface area contributed by atoms with Crippen LogP contribution in [0.15, 0.2) is 42.6 Å². The standard InChI is InChI=1S/C17H16N4O3/c1-21(9-5-8-18)15-14(17(23)24)10-13(11-19-15)20-16(22)12-6-3-2-4-7-12/h2-4,6-7,10-11H,5,9H2,1H3,(H,20,22)(H,23,24). The van der Waals surface area contributed by atoms with Crippen LogP contribution >= 0.6 is 0 Å². The molecule has 2 rings (SSSR count). The van der Waals surface area contributed by atoms with Crippen LogP contribution in [0.5, 0.6) is 0 Å². The number of hydrogen-bond donors (Lipinski definition) is 2. The number of carboxylic acids is 1. The molecule has 0 unspecified atom stereocenters. The first-order chi connectivity index (χ1) is 11.5. The molecule has 122 valence electrons. The molecule has 1 aromatic carbocycles. The van der Waals surface area contributed by atoms with Gasteiger partial charge in [0.15, 0.2) is 0 Å². The molecule has 7 heteroatoms. The number of hydrogen-bond acceptors (Lipinski definition) is 5. The van der Waals surface area contributed by atoms with E-state index in [9.17, 15) is 14.7 Å². The lowest BCUT2D eigenvalue weighted by atomic mass is 10.2. The van der Waals surface area contributed by atoms with Gasteiger partial charge in [-0.2, -0.15) is 5.26 Å². The van der Waals surface area contributed by atoms with E-state index in [0.29, 0.717) is 17.8 Å². The summed E-state index contributed by atoms with van der Waals surface area (Å²) in [6, 6.07) is 11.9. The summed E-state index contributed by atoms with van der Waals surface area (Å²) in [5.74, 6) is -1.26. The minimum atomic E-state index is -1.16. The Morgan fingerprint density at radius 1 is 1.33 bits per heavy atom. The summed E-state index contributed by atoms with van der Waals surface area (Å²) in [7, 11) is 1.66. The van der Waals surface area contributed by atoms with E-state index in [4.69, 9.17) is 5.26 Å². The van der Waals surface area contributed by atoms with Crippen LogP contribution in [0, 0.1) is 11.3 Å². The van der Waals surface area contributed by atoms with Crippen molar-refractivity contribution >= 4 is 23.4 Å². The van der Waals surface area contributed by atoms with Crippen LogP contribution in [-0.4, -0.2) is 35.6 Å². The summed E-state index contributed by atoms with van der Waals surface area (Å²) in [5.41, 5.74) is 0.713. The van der Waals surface area contributed by atoms with Crippen molar-refractivity contribution in [3.8, 4) is 6.07 Å². The van der Waals surface area contributed by atoms with Crippen LogP contribution in [0.1, 0.15) is 27.1 Å². The molecule has 0 radical (unpaired) electrons. The van der Waals surface area contributed by atoms with Gasteiger partial charge in [-0.05, 0) is 18.2 Å². The number of aromatic nitrogens is 1. The van der Waals surface area contributed by atoms with E-state index >= 15 is 0 Å². The van der Waals surface area contributed by atoms with Crippen molar-refractivity contribution < 1.29 is 14.7 Å². The quantitative estimate of drug-likeness (QED) is 0.845. The van der Waals surface area contributed by atoms with Crippen LogP contribution in [0.2, 0.25) is 0 Å². The fourth-order valence-electron chi connectivity index (χ4n) is 2.10. The normalized spacial score (nSPS) is 9.83. The second-order valence-electron chi connectivity index (χ2n) is 5.05. The highest BCUT2D eigenvalue weighted by Gasteiger charge is 2.17. The minimum Gasteiger partial charge on any atom is -0.478 e. The van der Waals surface area contributed by atoms with Gasteiger partial charge in [0.05, 0.1) is 24.4 Å². The summed E-state index contributed by atoms with van der Waals surface area (Å²) in [5, 5.41) is 20.6. The Bertz CT molecular complexity index is 784. The highest BCUT2D eigenvalue weighted by Crippen LogP contribution is 2.21. The average Bonchev–Trinajstić information content (AvgIpc) is 2.60. The smallest absolute Gasteiger partial charge is 0.339 e. The molecule has 0 saturated carbocycles. The number of rotatable bonds is 6. The summed E-state index contributed by atoms with van der Waals surface area (Å²) < 4.78 is 0. The van der Waals surface area contributed by atoms with Gasteiger partial charge >= 0.3 is 5.97 Å². The molecule has 0 aliphatic rings. The number of carbonyl (C=O) groups excluding carboxylic acids is 1. The lowest BCUT2D eigenvalue weighted by molar-refractivity contribution is 0.0697. The Morgan fingerprint density at radius 3 is 2.67 bits per heavy atom. The molecule has 0 aliphatic heterocycles. The maximum absolute atomic E-state index is 12.1. The number of nitriles is 1. The first-order valence-electron chi connectivity index (χ1n) is 7.20. The van der Waals surface area contributed by atoms with E-state index in [-0.39, 0.29) is 23.7 Å². The Balaban J connectivity index is 2.24. The van der Waals surface area contributed by atoms with E-state index in [0.717, 1.165) is 0 Å². The van der Waals surface area contributed by atoms with Crippen LogP contribution in [0.3, 0.4) is 0 Å². The van der Waals surface area contributed by atoms with Gasteiger partial charge in [0.2, 0.25) is 0 Å². The van der Waals surface area contributed by atoms with Crippen LogP contribution in [0.25, 0.3) is 0 Å². The zero-order chi connectivity index (χ0) is 17.5. The van der Waals surface area contributed by atoms with Crippen molar-refractivity contribution in [3.63, 3.8) is 0 Å². The molecule has 0 bridgehead atoms. The molecular formula is C17H16N4O3. The molecule has 1 aromatic heterocycles. The highest BCUT2D eigenvalue weighted by atomic mass is 16.4. The zero-order valence-electron chi connectivity index (χ0n) is 13.1. The molecule has 0 aliphatic carbocycles. The highest BCUT2D eigenvalue weighted by molar-refractivity contribution is 6.05. The molecule has 7 nitrogen and oxygen atoms in total. The third-order valence-corrected chi connectivity index (χ3v) is 3.31. The van der Waals surface area contributed by atoms with E-state index < -0.39 is 5.97 Å². The molecule has 0 fully saturated rings. The minimum absolute atomic E-state index is 0.0405. The zero-order valence-corrected chi connectivity index (χ0v) is 13.1. The van der Waals surface area contributed by atoms with Crippen molar-refractivity contribution in [1.82, 2.24) is 4.98 Å². The first-order valence-corrected chi connectivity index (χ1v) is 7.20. The molecule has 2 N–H and O–H groups in total. The van der Waals surface area contributed by atoms with Crippen molar-refractivity contribution in [2.45, 2.75) is 6.42 Å². The summed E-state index contributed by atoms with van der Waals surface area (Å²) >= 11 is 0. The van der Waals surface area contributed by atoms with Gasteiger partial charge < -0.3 is 15.3 Å². The largest absolute Gasteiger partial charge is 0.478 e. The van der Waals surface area contributed by atoms with Gasteiger partial charge in [0, 0.05) is 19.2 Å². The molecule has 2 aromatic rings. The molecule has 0 spiro atoms. The number of aromatic carboxylic acids is 1. The van der Waals surface area contributed by atoms with Gasteiger partial charge in [0.1, 0.15) is 11.4 Å². The fraction of sp³-hybridized carbons (Fsp3) is 0.176. The first kappa shape index (κ1) is 17.0. The second-order valence-corrected chi connectivity index (χ2v) is 5.05. The second kappa shape index (κ2) is 7.74. The lowest BCUT2D eigenvalue weighted by Gasteiger charge is -2.19. The molecule has 1 heterocycles. The number of benzene rings is 1. The van der Waals surface area contributed by atoms with E-state index in [1.165, 1.54) is 12.3 Å². The predicted octanol–water partition coefficient (Wildman–Crippen LogP) is 2.38. The van der Waals surface area contributed by atoms with Gasteiger partial charge in [0.25, 0.3) is 5.91 Å². The Hall–Kier alpha value is -3.40. The Labute approximate surface area is 139 Å². The Kier molecular flexibility index (Phi) is 5.47. The van der Waals surface area contributed by atoms with Crippen molar-refractivity contribution in [2.24, 2.45) is 0 Å². The van der Waals surface area contributed by atoms with Crippen molar-refractivity contribution in [2.75, 3.05) is 23.8 Å². The number of carbonyl (C=O) groups is 2. The fourth-order valence-corrected chi connectivity index (χ4v) is 2.10. The lowest BCUT2D eigenvalue weighted by Crippen LogP contribution is -2.22. The van der Waals surface area contributed by atoms with E-state index in [2.05, 4.69) is 10.3 Å². The maximum atomic E-state index is 12.1. The molecule has 0 atom stereocenters. The number of nitrogens with one attached hydrogen (secondary N) is 1. The van der Waals surface area contributed by atoms with Crippen LogP contribution < -0.4 is 10.2 Å². The molecular weight excluding hydrogens is 308 g/mol. The maximum Gasteiger partial charge on any atom is 0.339 e. The van der Waals surface area contributed by atoms with Gasteiger partial charge in [-0.3, -0.25) is 4.79 Å². The summed E-state index contributed by atoms with van der Waals surface area (Å²) in [6.45, 7) is 0.361. The molecule has 0 saturated heterocycles. The number of nitrogens with zero attached hydrogens (tertiary/aromatic N) is 3. The van der Waals surface area contributed by atoms with Gasteiger partial charge in [-0.25, -0.2) is 9.78 Å². The van der Waals surface area contributed by atoms with Crippen LogP contribution in [-0.2, 0) is 0 Å². The summed E-state index contributed by atoms with van der Waals surface area (Å²) in [4.78, 5) is 29.3. The molecule has 24 heavy (non-hydrogen) atoms. The Morgan fingerprint density at radius 2 is 2.04 bits per heavy atom. The van der Waals surface area contributed by atoms with Crippen molar-refractivity contribution in [1.29, 1.82) is 5.26 Å². The molecule has 1 amide bonds. The summed E-state index contributed by atoms with van der Waals surface area (Å²) in [6.07, 6.45) is 1.65. The van der Waals surface area contributed by atoms with E-state index in [1.807, 2.05) is 6.07 Å². The van der Waals surface area contributed by atoms with Gasteiger partial charge in [-0.15, -0.1) is 0 Å². The topological polar surface area (TPSA) is 106 Å². The third-order valence-electron chi connectivity index (χ3n) is 3.31.